The van der Waals surface area contributed by atoms with Crippen LogP contribution in [-0.4, -0.2) is 50.8 Å². The summed E-state index contributed by atoms with van der Waals surface area (Å²) in [6.07, 6.45) is -4.41. The average molecular weight is 488 g/mol. The first kappa shape index (κ1) is 26.5. The number of halogens is 3. The van der Waals surface area contributed by atoms with Gasteiger partial charge in [-0.15, -0.1) is 0 Å². The largest absolute Gasteiger partial charge is 0.407 e. The van der Waals surface area contributed by atoms with Gasteiger partial charge in [0.2, 0.25) is 5.91 Å². The molecule has 2 aromatic rings. The summed E-state index contributed by atoms with van der Waals surface area (Å²) in [7, 11) is 0. The molecule has 3 N–H and O–H groups in total. The number of anilines is 1. The summed E-state index contributed by atoms with van der Waals surface area (Å²) in [4.78, 5) is 14.8. The van der Waals surface area contributed by atoms with E-state index in [2.05, 4.69) is 20.9 Å². The molecule has 1 saturated heterocycles. The molecule has 1 fully saturated rings. The van der Waals surface area contributed by atoms with E-state index in [0.717, 1.165) is 37.4 Å². The first-order valence-electron chi connectivity index (χ1n) is 11.8. The number of rotatable bonds is 9. The third-order valence-electron chi connectivity index (χ3n) is 5.96. The number of carbonyl (C=O) groups is 1. The minimum atomic E-state index is -4.62. The molecule has 1 aliphatic heterocycles. The van der Waals surface area contributed by atoms with Crippen LogP contribution < -0.4 is 20.9 Å². The molecule has 188 valence electrons. The number of amides is 1. The molecule has 0 saturated carbocycles. The number of nitrogens with zero attached hydrogens (tertiary/aromatic N) is 2. The lowest BCUT2D eigenvalue weighted by atomic mass is 9.96. The fourth-order valence-electron chi connectivity index (χ4n) is 4.24. The zero-order valence-corrected chi connectivity index (χ0v) is 20.0. The Morgan fingerprint density at radius 3 is 2.40 bits per heavy atom. The van der Waals surface area contributed by atoms with Crippen LogP contribution in [-0.2, 0) is 4.79 Å². The van der Waals surface area contributed by atoms with Gasteiger partial charge in [-0.1, -0.05) is 44.2 Å². The van der Waals surface area contributed by atoms with Crippen LogP contribution in [0.25, 0.3) is 11.1 Å². The van der Waals surface area contributed by atoms with E-state index in [-0.39, 0.29) is 24.4 Å². The standard InChI is InChI=1S/C26H32F3N5O/c1-18(2)16-23(25(35)32-11-10-30)33-24(26(27,28)29)21-5-3-4-20(17-21)19-6-8-22(9-7-19)34-14-12-31-13-15-34/h3-9,17-18,23-24,31,33H,11-16H2,1-2H3,(H,32,35). The normalized spacial score (nSPS) is 16.0. The molecule has 0 bridgehead atoms. The van der Waals surface area contributed by atoms with E-state index in [1.54, 1.807) is 18.2 Å². The second-order valence-corrected chi connectivity index (χ2v) is 9.11. The van der Waals surface area contributed by atoms with Crippen molar-refractivity contribution in [2.75, 3.05) is 37.6 Å². The molecule has 35 heavy (non-hydrogen) atoms. The van der Waals surface area contributed by atoms with Crippen LogP contribution in [0, 0.1) is 17.2 Å². The summed E-state index contributed by atoms with van der Waals surface area (Å²) in [6, 6.07) is 12.8. The Bertz CT molecular complexity index is 1010. The smallest absolute Gasteiger partial charge is 0.369 e. The molecular formula is C26H32F3N5O. The van der Waals surface area contributed by atoms with Crippen molar-refractivity contribution < 1.29 is 18.0 Å². The first-order valence-corrected chi connectivity index (χ1v) is 11.8. The molecule has 1 heterocycles. The molecule has 0 aliphatic carbocycles. The Balaban J connectivity index is 1.85. The van der Waals surface area contributed by atoms with Crippen molar-refractivity contribution in [2.24, 2.45) is 5.92 Å². The fraction of sp³-hybridized carbons (Fsp3) is 0.462. The van der Waals surface area contributed by atoms with Crippen LogP contribution in [0.5, 0.6) is 0 Å². The molecule has 2 aromatic carbocycles. The number of nitriles is 1. The molecule has 2 atom stereocenters. The van der Waals surface area contributed by atoms with E-state index in [0.29, 0.717) is 5.56 Å². The third-order valence-corrected chi connectivity index (χ3v) is 5.96. The SMILES string of the molecule is CC(C)CC(NC(c1cccc(-c2ccc(N3CCNCC3)cc2)c1)C(F)(F)F)C(=O)NCC#N. The zero-order valence-electron chi connectivity index (χ0n) is 20.0. The van der Waals surface area contributed by atoms with Gasteiger partial charge >= 0.3 is 6.18 Å². The maximum atomic E-state index is 14.2. The number of benzene rings is 2. The van der Waals surface area contributed by atoms with E-state index < -0.39 is 24.2 Å². The summed E-state index contributed by atoms with van der Waals surface area (Å²) in [5.74, 6) is -0.635. The number of hydrogen-bond acceptors (Lipinski definition) is 5. The Kier molecular flexibility index (Phi) is 9.13. The predicted octanol–water partition coefficient (Wildman–Crippen LogP) is 4.01. The van der Waals surface area contributed by atoms with Crippen LogP contribution in [0.3, 0.4) is 0 Å². The van der Waals surface area contributed by atoms with Crippen LogP contribution in [0.15, 0.2) is 48.5 Å². The number of nitrogens with one attached hydrogen (secondary N) is 3. The van der Waals surface area contributed by atoms with Gasteiger partial charge in [-0.3, -0.25) is 10.1 Å². The van der Waals surface area contributed by atoms with Crippen molar-refractivity contribution >= 4 is 11.6 Å². The van der Waals surface area contributed by atoms with Crippen molar-refractivity contribution in [1.82, 2.24) is 16.0 Å². The van der Waals surface area contributed by atoms with Gasteiger partial charge in [0, 0.05) is 31.9 Å². The van der Waals surface area contributed by atoms with E-state index in [4.69, 9.17) is 5.26 Å². The van der Waals surface area contributed by atoms with Crippen LogP contribution in [0.4, 0.5) is 18.9 Å². The lowest BCUT2D eigenvalue weighted by Crippen LogP contribution is -2.49. The van der Waals surface area contributed by atoms with Crippen molar-refractivity contribution in [1.29, 1.82) is 5.26 Å². The first-order chi connectivity index (χ1) is 16.7. The molecule has 9 heteroatoms. The molecule has 1 amide bonds. The van der Waals surface area contributed by atoms with Crippen LogP contribution >= 0.6 is 0 Å². The lowest BCUT2D eigenvalue weighted by Gasteiger charge is -2.29. The zero-order chi connectivity index (χ0) is 25.4. The van der Waals surface area contributed by atoms with Gasteiger partial charge in [0.1, 0.15) is 12.6 Å². The quantitative estimate of drug-likeness (QED) is 0.466. The van der Waals surface area contributed by atoms with Gasteiger partial charge in [0.25, 0.3) is 0 Å². The summed E-state index contributed by atoms with van der Waals surface area (Å²) < 4.78 is 42.5. The predicted molar refractivity (Wildman–Crippen MR) is 131 cm³/mol. The number of alkyl halides is 3. The van der Waals surface area contributed by atoms with Gasteiger partial charge in [-0.25, -0.2) is 0 Å². The van der Waals surface area contributed by atoms with E-state index in [1.165, 1.54) is 12.1 Å². The molecule has 6 nitrogen and oxygen atoms in total. The van der Waals surface area contributed by atoms with Gasteiger partial charge in [0.05, 0.1) is 12.1 Å². The lowest BCUT2D eigenvalue weighted by molar-refractivity contribution is -0.161. The molecule has 0 spiro atoms. The number of piperazine rings is 1. The highest BCUT2D eigenvalue weighted by Gasteiger charge is 2.43. The van der Waals surface area contributed by atoms with E-state index in [1.807, 2.05) is 38.1 Å². The van der Waals surface area contributed by atoms with Gasteiger partial charge in [-0.2, -0.15) is 18.4 Å². The minimum Gasteiger partial charge on any atom is -0.369 e. The topological polar surface area (TPSA) is 80.2 Å². The molecule has 2 unspecified atom stereocenters. The highest BCUT2D eigenvalue weighted by molar-refractivity contribution is 5.82. The number of hydrogen-bond donors (Lipinski definition) is 3. The van der Waals surface area contributed by atoms with E-state index in [9.17, 15) is 18.0 Å². The maximum absolute atomic E-state index is 14.2. The molecule has 0 aromatic heterocycles. The highest BCUT2D eigenvalue weighted by Crippen LogP contribution is 2.35. The molecule has 0 radical (unpaired) electrons. The minimum absolute atomic E-state index is 0.0187. The Hall–Kier alpha value is -3.09. The van der Waals surface area contributed by atoms with Crippen LogP contribution in [0.2, 0.25) is 0 Å². The molecular weight excluding hydrogens is 455 g/mol. The summed E-state index contributed by atoms with van der Waals surface area (Å²) in [5.41, 5.74) is 2.60. The van der Waals surface area contributed by atoms with Crippen LogP contribution in [0.1, 0.15) is 31.9 Å². The Labute approximate surface area is 204 Å². The second-order valence-electron chi connectivity index (χ2n) is 9.11. The summed E-state index contributed by atoms with van der Waals surface area (Å²) in [5, 5.41) is 16.9. The molecule has 3 rings (SSSR count). The van der Waals surface area contributed by atoms with Crippen molar-refractivity contribution in [3.05, 3.63) is 54.1 Å². The van der Waals surface area contributed by atoms with Gasteiger partial charge in [-0.05, 0) is 47.2 Å². The monoisotopic (exact) mass is 487 g/mol. The van der Waals surface area contributed by atoms with Crippen molar-refractivity contribution in [3.8, 4) is 17.2 Å². The Morgan fingerprint density at radius 1 is 1.11 bits per heavy atom. The average Bonchev–Trinajstić information content (AvgIpc) is 2.84. The van der Waals surface area contributed by atoms with Crippen molar-refractivity contribution in [3.63, 3.8) is 0 Å². The maximum Gasteiger partial charge on any atom is 0.407 e. The van der Waals surface area contributed by atoms with E-state index >= 15 is 0 Å². The third kappa shape index (κ3) is 7.44. The van der Waals surface area contributed by atoms with Gasteiger partial charge in [0.15, 0.2) is 0 Å². The Morgan fingerprint density at radius 2 is 1.80 bits per heavy atom. The number of carbonyl (C=O) groups excluding carboxylic acids is 1. The van der Waals surface area contributed by atoms with Gasteiger partial charge < -0.3 is 15.5 Å². The summed E-state index contributed by atoms with van der Waals surface area (Å²) >= 11 is 0. The van der Waals surface area contributed by atoms with Crippen molar-refractivity contribution in [2.45, 2.75) is 38.5 Å². The second kappa shape index (κ2) is 12.0. The summed E-state index contributed by atoms with van der Waals surface area (Å²) in [6.45, 7) is 7.06. The molecule has 1 aliphatic rings. The fourth-order valence-corrected chi connectivity index (χ4v) is 4.24. The highest BCUT2D eigenvalue weighted by atomic mass is 19.4.